The van der Waals surface area contributed by atoms with Crippen molar-refractivity contribution in [2.24, 2.45) is 5.92 Å². The molecule has 1 aromatic carbocycles. The zero-order valence-corrected chi connectivity index (χ0v) is 18.6. The Labute approximate surface area is 191 Å². The normalized spacial score (nSPS) is 17.0. The lowest BCUT2D eigenvalue weighted by Gasteiger charge is -2.36. The summed E-state index contributed by atoms with van der Waals surface area (Å²) in [5, 5.41) is 1.32. The lowest BCUT2D eigenvalue weighted by Crippen LogP contribution is -2.44. The number of carbonyl (C=O) groups is 1. The van der Waals surface area contributed by atoms with Gasteiger partial charge in [0.1, 0.15) is 18.0 Å². The molecule has 0 atom stereocenters. The average Bonchev–Trinajstić information content (AvgIpc) is 3.33. The summed E-state index contributed by atoms with van der Waals surface area (Å²) < 4.78 is 1.97. The Morgan fingerprint density at radius 2 is 1.71 bits per heavy atom. The van der Waals surface area contributed by atoms with Gasteiger partial charge >= 0.3 is 0 Å². The summed E-state index contributed by atoms with van der Waals surface area (Å²) in [5.74, 6) is 2.02. The monoisotopic (exact) mass is 455 g/mol. The number of halogens is 2. The Morgan fingerprint density at radius 1 is 0.968 bits per heavy atom. The maximum Gasteiger partial charge on any atom is 0.226 e. The van der Waals surface area contributed by atoms with Crippen LogP contribution in [0.25, 0.3) is 5.82 Å². The largest absolute Gasteiger partial charge is 0.356 e. The van der Waals surface area contributed by atoms with Crippen LogP contribution in [0.1, 0.15) is 24.0 Å². The third-order valence-electron chi connectivity index (χ3n) is 6.23. The number of hydrogen-bond donors (Lipinski definition) is 0. The number of hydrogen-bond acceptors (Lipinski definition) is 4. The fourth-order valence-corrected chi connectivity index (χ4v) is 5.18. The van der Waals surface area contributed by atoms with Gasteiger partial charge in [-0.1, -0.05) is 23.2 Å². The molecule has 160 valence electrons. The summed E-state index contributed by atoms with van der Waals surface area (Å²) in [4.78, 5) is 26.2. The summed E-state index contributed by atoms with van der Waals surface area (Å²) in [6.45, 7) is 2.90. The van der Waals surface area contributed by atoms with Crippen molar-refractivity contribution in [2.75, 3.05) is 24.5 Å². The molecule has 0 N–H and O–H groups in total. The molecule has 2 aliphatic rings. The molecular formula is C23H23Cl2N5O. The highest BCUT2D eigenvalue weighted by atomic mass is 35.5. The molecule has 1 amide bonds. The Morgan fingerprint density at radius 3 is 2.48 bits per heavy atom. The molecule has 0 unspecified atom stereocenters. The van der Waals surface area contributed by atoms with Gasteiger partial charge in [-0.05, 0) is 54.7 Å². The second-order valence-electron chi connectivity index (χ2n) is 8.12. The van der Waals surface area contributed by atoms with Gasteiger partial charge in [0.2, 0.25) is 5.91 Å². The molecule has 8 heteroatoms. The van der Waals surface area contributed by atoms with Crippen molar-refractivity contribution in [3.63, 3.8) is 0 Å². The minimum Gasteiger partial charge on any atom is -0.356 e. The van der Waals surface area contributed by atoms with Crippen molar-refractivity contribution in [3.05, 3.63) is 70.2 Å². The summed E-state index contributed by atoms with van der Waals surface area (Å²) >= 11 is 12.5. The van der Waals surface area contributed by atoms with Crippen LogP contribution in [0.3, 0.4) is 0 Å². The molecule has 2 aliphatic heterocycles. The van der Waals surface area contributed by atoms with Gasteiger partial charge in [-0.3, -0.25) is 4.79 Å². The van der Waals surface area contributed by atoms with E-state index in [0.717, 1.165) is 55.1 Å². The molecule has 0 bridgehead atoms. The van der Waals surface area contributed by atoms with E-state index < -0.39 is 0 Å². The van der Waals surface area contributed by atoms with Gasteiger partial charge in [-0.25, -0.2) is 9.97 Å². The maximum absolute atomic E-state index is 13.2. The van der Waals surface area contributed by atoms with Crippen LogP contribution in [-0.4, -0.2) is 45.0 Å². The molecule has 0 radical (unpaired) electrons. The second-order valence-corrected chi connectivity index (χ2v) is 8.96. The third-order valence-corrected chi connectivity index (χ3v) is 6.79. The molecule has 6 nitrogen and oxygen atoms in total. The molecule has 0 spiro atoms. The number of piperidine rings is 1. The van der Waals surface area contributed by atoms with Gasteiger partial charge in [0.05, 0.1) is 0 Å². The van der Waals surface area contributed by atoms with E-state index in [1.807, 2.05) is 46.1 Å². The Hall–Kier alpha value is -2.57. The van der Waals surface area contributed by atoms with Crippen LogP contribution in [0.4, 0.5) is 5.82 Å². The molecule has 31 heavy (non-hydrogen) atoms. The predicted octanol–water partition coefficient (Wildman–Crippen LogP) is 4.38. The minimum absolute atomic E-state index is 0.0400. The molecule has 1 fully saturated rings. The molecule has 4 heterocycles. The van der Waals surface area contributed by atoms with E-state index >= 15 is 0 Å². The maximum atomic E-state index is 13.2. The first-order valence-corrected chi connectivity index (χ1v) is 11.3. The van der Waals surface area contributed by atoms with E-state index in [4.69, 9.17) is 23.2 Å². The van der Waals surface area contributed by atoms with Crippen LogP contribution < -0.4 is 4.90 Å². The van der Waals surface area contributed by atoms with Crippen molar-refractivity contribution < 1.29 is 4.79 Å². The molecule has 5 rings (SSSR count). The SMILES string of the molecule is O=C(C1CCN(c2cc(-n3cccc3)ncn2)CC1)N1CCc2c(Cl)cc(Cl)cc2C1. The molecule has 0 saturated carbocycles. The topological polar surface area (TPSA) is 54.3 Å². The number of fused-ring (bicyclic) bond motifs is 1. The molecule has 3 aromatic rings. The number of nitrogens with zero attached hydrogens (tertiary/aromatic N) is 5. The first kappa shape index (κ1) is 20.3. The van der Waals surface area contributed by atoms with Crippen LogP contribution >= 0.6 is 23.2 Å². The lowest BCUT2D eigenvalue weighted by atomic mass is 9.93. The zero-order chi connectivity index (χ0) is 21.4. The van der Waals surface area contributed by atoms with E-state index in [9.17, 15) is 4.79 Å². The number of carbonyl (C=O) groups excluding carboxylic acids is 1. The van der Waals surface area contributed by atoms with Crippen molar-refractivity contribution in [2.45, 2.75) is 25.8 Å². The third kappa shape index (κ3) is 4.14. The summed E-state index contributed by atoms with van der Waals surface area (Å²) in [6, 6.07) is 9.66. The Bertz CT molecular complexity index is 1090. The Kier molecular flexibility index (Phi) is 5.59. The smallest absolute Gasteiger partial charge is 0.226 e. The van der Waals surface area contributed by atoms with Crippen molar-refractivity contribution in [3.8, 4) is 5.82 Å². The van der Waals surface area contributed by atoms with Gasteiger partial charge < -0.3 is 14.4 Å². The quantitative estimate of drug-likeness (QED) is 0.587. The highest BCUT2D eigenvalue weighted by Gasteiger charge is 2.31. The number of rotatable bonds is 3. The van der Waals surface area contributed by atoms with E-state index in [1.54, 1.807) is 12.4 Å². The van der Waals surface area contributed by atoms with Crippen LogP contribution in [-0.2, 0) is 17.8 Å². The summed E-state index contributed by atoms with van der Waals surface area (Å²) in [5.41, 5.74) is 2.18. The van der Waals surface area contributed by atoms with Crippen molar-refractivity contribution in [1.29, 1.82) is 0 Å². The first-order chi connectivity index (χ1) is 15.1. The van der Waals surface area contributed by atoms with E-state index in [1.165, 1.54) is 0 Å². The lowest BCUT2D eigenvalue weighted by molar-refractivity contribution is -0.137. The minimum atomic E-state index is 0.0400. The van der Waals surface area contributed by atoms with Gasteiger partial charge in [-0.2, -0.15) is 0 Å². The highest BCUT2D eigenvalue weighted by molar-refractivity contribution is 6.35. The van der Waals surface area contributed by atoms with Crippen molar-refractivity contribution >= 4 is 34.9 Å². The fourth-order valence-electron chi connectivity index (χ4n) is 4.55. The van der Waals surface area contributed by atoms with Gasteiger partial charge in [0.25, 0.3) is 0 Å². The Balaban J connectivity index is 1.23. The standard InChI is InChI=1S/C23H23Cl2N5O/c24-18-11-17-14-30(10-5-19(17)20(25)12-18)23(31)16-3-8-29(9-4-16)22-13-21(26-15-27-22)28-6-1-2-7-28/h1-2,6-7,11-13,15-16H,3-5,8-10,14H2. The van der Waals surface area contributed by atoms with Crippen LogP contribution in [0.15, 0.2) is 49.1 Å². The van der Waals surface area contributed by atoms with E-state index in [0.29, 0.717) is 23.1 Å². The van der Waals surface area contributed by atoms with Crippen LogP contribution in [0.2, 0.25) is 10.0 Å². The average molecular weight is 456 g/mol. The highest BCUT2D eigenvalue weighted by Crippen LogP contribution is 2.31. The van der Waals surface area contributed by atoms with E-state index in [2.05, 4.69) is 14.9 Å². The summed E-state index contributed by atoms with van der Waals surface area (Å²) in [6.07, 6.45) is 7.95. The number of anilines is 1. The van der Waals surface area contributed by atoms with Gasteiger partial charge in [0, 0.05) is 60.6 Å². The second kappa shape index (κ2) is 8.52. The molecule has 1 saturated heterocycles. The van der Waals surface area contributed by atoms with Crippen LogP contribution in [0.5, 0.6) is 0 Å². The zero-order valence-electron chi connectivity index (χ0n) is 17.0. The first-order valence-electron chi connectivity index (χ1n) is 10.5. The van der Waals surface area contributed by atoms with Crippen LogP contribution in [0, 0.1) is 5.92 Å². The number of amides is 1. The van der Waals surface area contributed by atoms with Gasteiger partial charge in [0.15, 0.2) is 0 Å². The fraction of sp³-hybridized carbons (Fsp3) is 0.348. The molecular weight excluding hydrogens is 433 g/mol. The molecule has 2 aromatic heterocycles. The predicted molar refractivity (Wildman–Crippen MR) is 122 cm³/mol. The van der Waals surface area contributed by atoms with E-state index in [-0.39, 0.29) is 11.8 Å². The van der Waals surface area contributed by atoms with Crippen molar-refractivity contribution in [1.82, 2.24) is 19.4 Å². The summed E-state index contributed by atoms with van der Waals surface area (Å²) in [7, 11) is 0. The molecule has 0 aliphatic carbocycles. The number of benzene rings is 1. The van der Waals surface area contributed by atoms with Gasteiger partial charge in [-0.15, -0.1) is 0 Å². The number of aromatic nitrogens is 3.